The summed E-state index contributed by atoms with van der Waals surface area (Å²) in [6.07, 6.45) is 13.4. The van der Waals surface area contributed by atoms with Gasteiger partial charge in [-0.05, 0) is 53.7 Å². The van der Waals surface area contributed by atoms with Gasteiger partial charge in [-0.1, -0.05) is 69.2 Å². The first-order valence-corrected chi connectivity index (χ1v) is 21.0. The van der Waals surface area contributed by atoms with Crippen molar-refractivity contribution in [2.45, 2.75) is 107 Å². The monoisotopic (exact) mass is 768 g/mol. The van der Waals surface area contributed by atoms with Gasteiger partial charge in [0.15, 0.2) is 5.13 Å². The van der Waals surface area contributed by atoms with Crippen LogP contribution in [0.25, 0.3) is 0 Å². The van der Waals surface area contributed by atoms with Gasteiger partial charge >= 0.3 is 0 Å². The molecule has 0 radical (unpaired) electrons. The summed E-state index contributed by atoms with van der Waals surface area (Å²) in [7, 11) is 3.47. The average molecular weight is 769 g/mol. The summed E-state index contributed by atoms with van der Waals surface area (Å²) in [4.78, 5) is 53.9. The number of carbonyl (C=O) groups is 3. The maximum Gasteiger partial charge on any atom is 0.241 e. The van der Waals surface area contributed by atoms with Crippen LogP contribution in [0.15, 0.2) is 34.9 Å². The number of nitrogens with zero attached hydrogens (tertiary/aromatic N) is 8. The molecule has 14 nitrogen and oxygen atoms in total. The molecule has 290 valence electrons. The summed E-state index contributed by atoms with van der Waals surface area (Å²) < 4.78 is 1.58. The van der Waals surface area contributed by atoms with Crippen LogP contribution < -0.4 is 11.1 Å². The summed E-state index contributed by atoms with van der Waals surface area (Å²) in [5.74, 6) is -0.501. The molecule has 3 aromatic rings. The number of likely N-dealkylation sites (N-methyl/N-ethyl adjacent to an activating group) is 1. The Kier molecular flexibility index (Phi) is 15.9. The van der Waals surface area contributed by atoms with Gasteiger partial charge in [-0.15, -0.1) is 16.4 Å². The van der Waals surface area contributed by atoms with Gasteiger partial charge in [-0.2, -0.15) is 0 Å². The standard InChI is InChI=1S/C37H56N10O4S2/c1-45(18-16-29-15-9-10-17-39-29)34(50)22-40-33(49)21-28(20-30-24-52-36(38)41-30)35(51)47(23-27-13-7-4-8-14-27)31(19-26-11-5-3-6-12-26)32(48)25-53-37-42-43-44-46(37)2/h9-10,15,17,24,26-28,31-32,48H,3-8,11-14,16,18-23,25H2,1-2H3,(H2,38,41)(H,40,49)/t28-,31+,32+/m1/s1. The minimum Gasteiger partial charge on any atom is -0.390 e. The van der Waals surface area contributed by atoms with Crippen LogP contribution in [0.4, 0.5) is 5.13 Å². The van der Waals surface area contributed by atoms with Crippen molar-refractivity contribution >= 4 is 46.0 Å². The molecule has 53 heavy (non-hydrogen) atoms. The largest absolute Gasteiger partial charge is 0.390 e. The van der Waals surface area contributed by atoms with Gasteiger partial charge in [-0.3, -0.25) is 19.4 Å². The molecule has 16 heteroatoms. The number of rotatable bonds is 19. The molecule has 3 aromatic heterocycles. The molecule has 0 unspecified atom stereocenters. The fourth-order valence-corrected chi connectivity index (χ4v) is 9.05. The molecule has 5 rings (SSSR count). The Balaban J connectivity index is 1.34. The number of nitrogen functional groups attached to an aromatic ring is 1. The highest BCUT2D eigenvalue weighted by atomic mass is 32.2. The number of tetrazole rings is 1. The Hall–Kier alpha value is -3.63. The maximum absolute atomic E-state index is 15.1. The summed E-state index contributed by atoms with van der Waals surface area (Å²) in [5.41, 5.74) is 7.53. The van der Waals surface area contributed by atoms with E-state index in [1.165, 1.54) is 35.9 Å². The zero-order valence-electron chi connectivity index (χ0n) is 31.1. The van der Waals surface area contributed by atoms with E-state index >= 15 is 4.79 Å². The van der Waals surface area contributed by atoms with Crippen molar-refractivity contribution in [1.29, 1.82) is 0 Å². The molecule has 3 amide bonds. The fourth-order valence-electron chi connectivity index (χ4n) is 7.62. The number of nitrogens with one attached hydrogen (secondary N) is 1. The van der Waals surface area contributed by atoms with Gasteiger partial charge in [-0.25, -0.2) is 9.67 Å². The smallest absolute Gasteiger partial charge is 0.241 e. The zero-order valence-corrected chi connectivity index (χ0v) is 32.8. The van der Waals surface area contributed by atoms with Gasteiger partial charge in [0.2, 0.25) is 22.9 Å². The number of aryl methyl sites for hydroxylation is 1. The molecule has 0 aliphatic heterocycles. The van der Waals surface area contributed by atoms with Crippen molar-refractivity contribution in [1.82, 2.24) is 45.3 Å². The lowest BCUT2D eigenvalue weighted by molar-refractivity contribution is -0.144. The van der Waals surface area contributed by atoms with Crippen LogP contribution in [-0.2, 0) is 34.3 Å². The van der Waals surface area contributed by atoms with E-state index in [4.69, 9.17) is 5.73 Å². The number of amides is 3. The number of aliphatic hydroxyl groups is 1. The van der Waals surface area contributed by atoms with E-state index in [-0.39, 0.29) is 37.1 Å². The minimum atomic E-state index is -0.838. The van der Waals surface area contributed by atoms with E-state index in [0.717, 1.165) is 57.1 Å². The number of carbonyl (C=O) groups excluding carboxylic acids is 3. The predicted octanol–water partition coefficient (Wildman–Crippen LogP) is 3.91. The molecule has 2 aliphatic carbocycles. The number of aliphatic hydroxyl groups excluding tert-OH is 1. The molecule has 0 bridgehead atoms. The SMILES string of the molecule is CN(CCc1ccccn1)C(=O)CNC(=O)C[C@@H](Cc1csc(N)n1)C(=O)N(CC1CCCCC1)[C@@H](CC1CCCCC1)[C@@H](O)CSc1nnnn1C. The van der Waals surface area contributed by atoms with E-state index in [1.807, 2.05) is 28.5 Å². The van der Waals surface area contributed by atoms with E-state index < -0.39 is 18.1 Å². The maximum atomic E-state index is 15.1. The van der Waals surface area contributed by atoms with Crippen LogP contribution in [0, 0.1) is 17.8 Å². The molecule has 4 N–H and O–H groups in total. The van der Waals surface area contributed by atoms with Crippen molar-refractivity contribution in [3.63, 3.8) is 0 Å². The van der Waals surface area contributed by atoms with Crippen molar-refractivity contribution in [2.75, 3.05) is 38.2 Å². The van der Waals surface area contributed by atoms with Crippen molar-refractivity contribution in [3.8, 4) is 0 Å². The Bertz CT molecular complexity index is 1580. The normalized spacial score (nSPS) is 17.2. The van der Waals surface area contributed by atoms with Crippen molar-refractivity contribution in [2.24, 2.45) is 24.8 Å². The van der Waals surface area contributed by atoms with Crippen LogP contribution in [0.2, 0.25) is 0 Å². The summed E-state index contributed by atoms with van der Waals surface area (Å²) in [6.45, 7) is 0.815. The van der Waals surface area contributed by atoms with Crippen LogP contribution >= 0.6 is 23.1 Å². The number of thioether (sulfide) groups is 1. The third-order valence-electron chi connectivity index (χ3n) is 10.7. The number of hydrogen-bond acceptors (Lipinski definition) is 12. The van der Waals surface area contributed by atoms with Crippen molar-refractivity contribution in [3.05, 3.63) is 41.2 Å². The van der Waals surface area contributed by atoms with Crippen LogP contribution in [0.5, 0.6) is 0 Å². The van der Waals surface area contributed by atoms with Gasteiger partial charge in [0.05, 0.1) is 30.3 Å². The fraction of sp³-hybridized carbons (Fsp3) is 0.676. The second-order valence-electron chi connectivity index (χ2n) is 14.7. The van der Waals surface area contributed by atoms with Crippen molar-refractivity contribution < 1.29 is 19.5 Å². The first kappa shape index (κ1) is 40.6. The molecule has 3 heterocycles. The molecular weight excluding hydrogens is 713 g/mol. The van der Waals surface area contributed by atoms with Gasteiger partial charge in [0.25, 0.3) is 0 Å². The Morgan fingerprint density at radius 2 is 1.81 bits per heavy atom. The van der Waals surface area contributed by atoms with E-state index in [1.54, 1.807) is 29.9 Å². The zero-order chi connectivity index (χ0) is 37.6. The highest BCUT2D eigenvalue weighted by Crippen LogP contribution is 2.34. The predicted molar refractivity (Wildman–Crippen MR) is 206 cm³/mol. The lowest BCUT2D eigenvalue weighted by Gasteiger charge is -2.41. The highest BCUT2D eigenvalue weighted by molar-refractivity contribution is 7.99. The van der Waals surface area contributed by atoms with E-state index in [9.17, 15) is 14.7 Å². The first-order valence-electron chi connectivity index (χ1n) is 19.1. The second kappa shape index (κ2) is 20.7. The van der Waals surface area contributed by atoms with E-state index in [0.29, 0.717) is 59.5 Å². The number of aromatic nitrogens is 6. The van der Waals surface area contributed by atoms with Crippen LogP contribution in [0.1, 0.15) is 88.4 Å². The molecule has 2 saturated carbocycles. The molecule has 0 spiro atoms. The summed E-state index contributed by atoms with van der Waals surface area (Å²) in [6, 6.07) is 5.23. The minimum absolute atomic E-state index is 0.117. The number of thiazole rings is 1. The number of anilines is 1. The Morgan fingerprint density at radius 3 is 2.45 bits per heavy atom. The quantitative estimate of drug-likeness (QED) is 0.150. The number of pyridine rings is 1. The topological polar surface area (TPSA) is 185 Å². The van der Waals surface area contributed by atoms with E-state index in [2.05, 4.69) is 30.8 Å². The molecule has 2 fully saturated rings. The summed E-state index contributed by atoms with van der Waals surface area (Å²) >= 11 is 2.68. The number of hydrogen-bond donors (Lipinski definition) is 3. The average Bonchev–Trinajstić information content (AvgIpc) is 3.80. The molecule has 0 saturated heterocycles. The molecular formula is C37H56N10O4S2. The third-order valence-corrected chi connectivity index (χ3v) is 12.5. The highest BCUT2D eigenvalue weighted by Gasteiger charge is 2.38. The first-order chi connectivity index (χ1) is 25.7. The molecule has 2 aliphatic rings. The van der Waals surface area contributed by atoms with Gasteiger partial charge in [0.1, 0.15) is 0 Å². The summed E-state index contributed by atoms with van der Waals surface area (Å²) in [5, 5.41) is 29.4. The third kappa shape index (κ3) is 12.7. The van der Waals surface area contributed by atoms with Gasteiger partial charge in [0, 0.05) is 69.5 Å². The number of nitrogens with two attached hydrogens (primary N) is 1. The Labute approximate surface area is 321 Å². The molecule has 3 atom stereocenters. The second-order valence-corrected chi connectivity index (χ2v) is 16.6. The Morgan fingerprint density at radius 1 is 1.08 bits per heavy atom. The lowest BCUT2D eigenvalue weighted by atomic mass is 9.82. The molecule has 0 aromatic carbocycles. The van der Waals surface area contributed by atoms with Gasteiger partial charge < -0.3 is 26.0 Å². The lowest BCUT2D eigenvalue weighted by Crippen LogP contribution is -2.53. The van der Waals surface area contributed by atoms with Crippen LogP contribution in [-0.4, -0.2) is 107 Å². The van der Waals surface area contributed by atoms with Crippen LogP contribution in [0.3, 0.4) is 0 Å².